The molecule has 1 aromatic carbocycles. The number of hydrogen-bond acceptors (Lipinski definition) is 6. The molecule has 9 nitrogen and oxygen atoms in total. The predicted molar refractivity (Wildman–Crippen MR) is 133 cm³/mol. The van der Waals surface area contributed by atoms with Gasteiger partial charge in [0.25, 0.3) is 0 Å². The predicted octanol–water partition coefficient (Wildman–Crippen LogP) is 4.01. The summed E-state index contributed by atoms with van der Waals surface area (Å²) in [4.78, 5) is 27.0. The molecule has 0 unspecified atom stereocenters. The molecule has 1 amide bonds. The topological polar surface area (TPSA) is 103 Å². The lowest BCUT2D eigenvalue weighted by Gasteiger charge is -2.18. The van der Waals surface area contributed by atoms with Gasteiger partial charge in [0, 0.05) is 24.4 Å². The molecule has 5 heterocycles. The maximum atomic E-state index is 14.4. The summed E-state index contributed by atoms with van der Waals surface area (Å²) >= 11 is 0. The smallest absolute Gasteiger partial charge is 0.235 e. The second-order valence-corrected chi connectivity index (χ2v) is 9.47. The highest BCUT2D eigenvalue weighted by atomic mass is 19.1. The van der Waals surface area contributed by atoms with E-state index in [9.17, 15) is 9.18 Å². The summed E-state index contributed by atoms with van der Waals surface area (Å²) in [5.74, 6) is 0.322. The van der Waals surface area contributed by atoms with Gasteiger partial charge in [-0.15, -0.1) is 0 Å². The molecule has 0 bridgehead atoms. The number of anilines is 1. The Morgan fingerprint density at radius 2 is 1.86 bits per heavy atom. The molecule has 1 aliphatic heterocycles. The number of nitrogens with zero attached hydrogens (tertiary/aromatic N) is 7. The summed E-state index contributed by atoms with van der Waals surface area (Å²) in [6, 6.07) is 12.2. The van der Waals surface area contributed by atoms with E-state index in [0.29, 0.717) is 39.8 Å². The van der Waals surface area contributed by atoms with E-state index in [2.05, 4.69) is 15.4 Å². The first-order valence-corrected chi connectivity index (χ1v) is 11.5. The van der Waals surface area contributed by atoms with Crippen LogP contribution in [0.4, 0.5) is 10.2 Å². The second kappa shape index (κ2) is 7.77. The molecule has 180 valence electrons. The lowest BCUT2D eigenvalue weighted by Crippen LogP contribution is -2.27. The summed E-state index contributed by atoms with van der Waals surface area (Å²) in [6.45, 7) is 5.81. The minimum atomic E-state index is -0.824. The molecular formula is C26H23FN8O. The third-order valence-electron chi connectivity index (χ3n) is 6.57. The van der Waals surface area contributed by atoms with Crippen molar-refractivity contribution in [3.63, 3.8) is 0 Å². The second-order valence-electron chi connectivity index (χ2n) is 9.47. The van der Waals surface area contributed by atoms with Crippen LogP contribution in [0, 0.1) is 12.7 Å². The van der Waals surface area contributed by atoms with E-state index in [1.165, 1.54) is 6.07 Å². The van der Waals surface area contributed by atoms with Crippen molar-refractivity contribution in [1.29, 1.82) is 0 Å². The summed E-state index contributed by atoms with van der Waals surface area (Å²) in [6.07, 6.45) is 1.67. The Balaban J connectivity index is 1.58. The number of nitrogens with one attached hydrogen (secondary N) is 1. The third kappa shape index (κ3) is 3.29. The van der Waals surface area contributed by atoms with Gasteiger partial charge in [-0.1, -0.05) is 18.2 Å². The van der Waals surface area contributed by atoms with Crippen molar-refractivity contribution in [2.24, 2.45) is 7.05 Å². The minimum absolute atomic E-state index is 0.152. The molecule has 0 radical (unpaired) electrons. The SMILES string of the molecule is Cc1cc(-c2nc(-c3nn(Cc4ccccc4F)c4ncccc34)nc3c2C(C)(C)C(=O)N3)n(C)n1. The molecule has 5 aromatic rings. The van der Waals surface area contributed by atoms with Crippen LogP contribution in [-0.4, -0.2) is 40.4 Å². The molecule has 0 aliphatic carbocycles. The Hall–Kier alpha value is -4.47. The number of benzene rings is 1. The van der Waals surface area contributed by atoms with Crippen LogP contribution in [0.3, 0.4) is 0 Å². The normalized spacial score (nSPS) is 14.3. The fourth-order valence-corrected chi connectivity index (χ4v) is 4.72. The lowest BCUT2D eigenvalue weighted by molar-refractivity contribution is -0.119. The number of pyridine rings is 1. The molecule has 10 heteroatoms. The third-order valence-corrected chi connectivity index (χ3v) is 6.57. The highest BCUT2D eigenvalue weighted by molar-refractivity contribution is 6.07. The summed E-state index contributed by atoms with van der Waals surface area (Å²) in [5, 5.41) is 12.9. The zero-order valence-corrected chi connectivity index (χ0v) is 20.2. The van der Waals surface area contributed by atoms with E-state index in [4.69, 9.17) is 15.1 Å². The van der Waals surface area contributed by atoms with Gasteiger partial charge in [-0.2, -0.15) is 10.2 Å². The molecule has 1 N–H and O–H groups in total. The van der Waals surface area contributed by atoms with E-state index < -0.39 is 5.41 Å². The first kappa shape index (κ1) is 22.0. The first-order chi connectivity index (χ1) is 17.2. The Morgan fingerprint density at radius 3 is 2.61 bits per heavy atom. The molecule has 1 aliphatic rings. The van der Waals surface area contributed by atoms with Crippen LogP contribution in [0.1, 0.15) is 30.7 Å². The molecule has 0 spiro atoms. The van der Waals surface area contributed by atoms with Crippen LogP contribution in [0.15, 0.2) is 48.7 Å². The van der Waals surface area contributed by atoms with Gasteiger partial charge in [0.05, 0.1) is 34.4 Å². The molecular weight excluding hydrogens is 459 g/mol. The molecule has 0 saturated carbocycles. The number of aromatic nitrogens is 7. The van der Waals surface area contributed by atoms with E-state index >= 15 is 0 Å². The standard InChI is InChI=1S/C26H23FN8O/c1-14-12-18(34(4)32-14)21-19-22(31-25(36)26(19,2)3)30-23(29-21)20-16-9-7-11-28-24(16)35(33-20)13-15-8-5-6-10-17(15)27/h5-12H,13H2,1-4H3,(H,29,30,31,36). The van der Waals surface area contributed by atoms with Crippen molar-refractivity contribution in [2.45, 2.75) is 32.7 Å². The molecule has 0 fully saturated rings. The zero-order valence-electron chi connectivity index (χ0n) is 20.2. The number of rotatable bonds is 4. The Morgan fingerprint density at radius 1 is 1.06 bits per heavy atom. The van der Waals surface area contributed by atoms with Gasteiger partial charge in [0.15, 0.2) is 11.5 Å². The van der Waals surface area contributed by atoms with Crippen molar-refractivity contribution in [1.82, 2.24) is 34.5 Å². The van der Waals surface area contributed by atoms with Crippen LogP contribution in [0.2, 0.25) is 0 Å². The summed E-state index contributed by atoms with van der Waals surface area (Å²) in [5.41, 5.74) is 3.68. The summed E-state index contributed by atoms with van der Waals surface area (Å²) in [7, 11) is 1.84. The fraction of sp³-hybridized carbons (Fsp3) is 0.231. The average Bonchev–Trinajstić information content (AvgIpc) is 3.46. The van der Waals surface area contributed by atoms with E-state index in [1.54, 1.807) is 33.8 Å². The molecule has 0 saturated heterocycles. The van der Waals surface area contributed by atoms with E-state index in [-0.39, 0.29) is 18.3 Å². The molecule has 6 rings (SSSR count). The van der Waals surface area contributed by atoms with E-state index in [0.717, 1.165) is 16.8 Å². The van der Waals surface area contributed by atoms with Crippen LogP contribution < -0.4 is 5.32 Å². The van der Waals surface area contributed by atoms with Gasteiger partial charge in [-0.05, 0) is 45.0 Å². The van der Waals surface area contributed by atoms with Gasteiger partial charge >= 0.3 is 0 Å². The van der Waals surface area contributed by atoms with Crippen molar-refractivity contribution in [3.05, 3.63) is 71.3 Å². The van der Waals surface area contributed by atoms with Gasteiger partial charge in [-0.3, -0.25) is 9.48 Å². The quantitative estimate of drug-likeness (QED) is 0.415. The largest absolute Gasteiger partial charge is 0.310 e. The van der Waals surface area contributed by atoms with Crippen molar-refractivity contribution < 1.29 is 9.18 Å². The number of amides is 1. The molecule has 4 aromatic heterocycles. The minimum Gasteiger partial charge on any atom is -0.310 e. The Bertz CT molecular complexity index is 1680. The monoisotopic (exact) mass is 482 g/mol. The Labute approximate surface area is 206 Å². The lowest BCUT2D eigenvalue weighted by atomic mass is 9.85. The number of halogens is 1. The number of carbonyl (C=O) groups is 1. The fourth-order valence-electron chi connectivity index (χ4n) is 4.72. The van der Waals surface area contributed by atoms with Gasteiger partial charge in [0.2, 0.25) is 5.91 Å². The van der Waals surface area contributed by atoms with Crippen LogP contribution in [-0.2, 0) is 23.8 Å². The summed E-state index contributed by atoms with van der Waals surface area (Å²) < 4.78 is 17.8. The van der Waals surface area contributed by atoms with Crippen LogP contribution in [0.25, 0.3) is 33.9 Å². The van der Waals surface area contributed by atoms with Crippen LogP contribution in [0.5, 0.6) is 0 Å². The van der Waals surface area contributed by atoms with Gasteiger partial charge in [0.1, 0.15) is 17.3 Å². The molecule has 36 heavy (non-hydrogen) atoms. The zero-order chi connectivity index (χ0) is 25.2. The van der Waals surface area contributed by atoms with Gasteiger partial charge in [-0.25, -0.2) is 24.0 Å². The maximum absolute atomic E-state index is 14.4. The first-order valence-electron chi connectivity index (χ1n) is 11.5. The number of hydrogen-bond donors (Lipinski definition) is 1. The van der Waals surface area contributed by atoms with Crippen molar-refractivity contribution >= 4 is 22.8 Å². The number of aryl methyl sites for hydroxylation is 2. The van der Waals surface area contributed by atoms with Gasteiger partial charge < -0.3 is 5.32 Å². The van der Waals surface area contributed by atoms with Crippen molar-refractivity contribution in [3.8, 4) is 22.9 Å². The van der Waals surface area contributed by atoms with Crippen LogP contribution >= 0.6 is 0 Å². The highest BCUT2D eigenvalue weighted by Gasteiger charge is 2.43. The number of fused-ring (bicyclic) bond motifs is 2. The van der Waals surface area contributed by atoms with E-state index in [1.807, 2.05) is 46.0 Å². The average molecular weight is 483 g/mol. The number of carbonyl (C=O) groups excluding carboxylic acids is 1. The molecule has 0 atom stereocenters. The van der Waals surface area contributed by atoms with Crippen molar-refractivity contribution in [2.75, 3.05) is 5.32 Å². The maximum Gasteiger partial charge on any atom is 0.235 e. The highest BCUT2D eigenvalue weighted by Crippen LogP contribution is 2.43. The Kier molecular flexibility index (Phi) is 4.75.